The largest absolute Gasteiger partial charge is 0.326 e. The van der Waals surface area contributed by atoms with Crippen LogP contribution in [0.3, 0.4) is 0 Å². The second kappa shape index (κ2) is 7.89. The summed E-state index contributed by atoms with van der Waals surface area (Å²) >= 11 is 0. The lowest BCUT2D eigenvalue weighted by Gasteiger charge is -2.09. The summed E-state index contributed by atoms with van der Waals surface area (Å²) in [6.45, 7) is 3.51. The number of unbranched alkanes of at least 4 members (excludes halogenated alkanes) is 3. The van der Waals surface area contributed by atoms with Gasteiger partial charge in [-0.3, -0.25) is 9.52 Å². The fraction of sp³-hybridized carbons (Fsp3) is 0.500. The van der Waals surface area contributed by atoms with Gasteiger partial charge in [0.2, 0.25) is 15.9 Å². The lowest BCUT2D eigenvalue weighted by molar-refractivity contribution is -0.114. The van der Waals surface area contributed by atoms with Crippen molar-refractivity contribution in [2.24, 2.45) is 0 Å². The zero-order valence-corrected chi connectivity index (χ0v) is 12.8. The molecular weight excluding hydrogens is 276 g/mol. The molecule has 0 heterocycles. The summed E-state index contributed by atoms with van der Waals surface area (Å²) in [7, 11) is -3.29. The minimum atomic E-state index is -3.29. The van der Waals surface area contributed by atoms with Crippen LogP contribution in [0.5, 0.6) is 0 Å². The molecule has 2 N–H and O–H groups in total. The Morgan fingerprint density at radius 2 is 1.65 bits per heavy atom. The van der Waals surface area contributed by atoms with E-state index in [2.05, 4.69) is 17.0 Å². The Morgan fingerprint density at radius 1 is 1.05 bits per heavy atom. The number of benzene rings is 1. The van der Waals surface area contributed by atoms with Crippen LogP contribution >= 0.6 is 0 Å². The van der Waals surface area contributed by atoms with E-state index in [1.807, 2.05) is 0 Å². The summed E-state index contributed by atoms with van der Waals surface area (Å²) in [6.07, 6.45) is 3.74. The Bertz CT molecular complexity index is 524. The van der Waals surface area contributed by atoms with Crippen LogP contribution in [0.4, 0.5) is 11.4 Å². The molecule has 0 aromatic heterocycles. The van der Waals surface area contributed by atoms with E-state index < -0.39 is 10.0 Å². The van der Waals surface area contributed by atoms with Crippen molar-refractivity contribution in [2.75, 3.05) is 15.8 Å². The molecule has 112 valence electrons. The number of hydrogen-bond donors (Lipinski definition) is 2. The summed E-state index contributed by atoms with van der Waals surface area (Å²) in [5.74, 6) is -0.0188. The Labute approximate surface area is 120 Å². The molecule has 5 nitrogen and oxygen atoms in total. The van der Waals surface area contributed by atoms with Crippen molar-refractivity contribution in [3.05, 3.63) is 24.3 Å². The van der Waals surface area contributed by atoms with E-state index in [9.17, 15) is 13.2 Å². The first kappa shape index (κ1) is 16.5. The summed E-state index contributed by atoms with van der Waals surface area (Å²) in [6, 6.07) is 6.59. The van der Waals surface area contributed by atoms with Crippen LogP contribution in [0.15, 0.2) is 24.3 Å². The molecule has 0 saturated carbocycles. The number of sulfonamides is 1. The Morgan fingerprint density at radius 3 is 2.20 bits per heavy atom. The molecule has 1 aromatic carbocycles. The van der Waals surface area contributed by atoms with Gasteiger partial charge in [-0.25, -0.2) is 8.42 Å². The zero-order chi connectivity index (χ0) is 15.0. The highest BCUT2D eigenvalue weighted by Crippen LogP contribution is 2.15. The van der Waals surface area contributed by atoms with E-state index in [-0.39, 0.29) is 11.7 Å². The van der Waals surface area contributed by atoms with Gasteiger partial charge in [0, 0.05) is 18.3 Å². The third-order valence-electron chi connectivity index (χ3n) is 2.75. The second-order valence-electron chi connectivity index (χ2n) is 4.74. The van der Waals surface area contributed by atoms with Gasteiger partial charge in [-0.1, -0.05) is 26.2 Å². The second-order valence-corrected chi connectivity index (χ2v) is 6.58. The summed E-state index contributed by atoms with van der Waals surface area (Å²) < 4.78 is 26.2. The molecule has 0 aliphatic carbocycles. The van der Waals surface area contributed by atoms with Crippen LogP contribution in [0.1, 0.15) is 39.5 Å². The minimum absolute atomic E-state index is 0.139. The van der Waals surface area contributed by atoms with Crippen LogP contribution in [-0.4, -0.2) is 20.1 Å². The van der Waals surface area contributed by atoms with Crippen molar-refractivity contribution in [2.45, 2.75) is 39.5 Å². The molecule has 0 saturated heterocycles. The molecule has 0 spiro atoms. The molecule has 0 aliphatic heterocycles. The molecule has 0 unspecified atom stereocenters. The number of hydrogen-bond acceptors (Lipinski definition) is 3. The summed E-state index contributed by atoms with van der Waals surface area (Å²) in [4.78, 5) is 10.9. The maximum atomic E-state index is 11.8. The standard InChI is InChI=1S/C14H22N2O3S/c1-3-4-5-6-11-20(18,19)16-14-9-7-13(8-10-14)15-12(2)17/h7-10,16H,3-6,11H2,1-2H3,(H,15,17). The first-order valence-electron chi connectivity index (χ1n) is 6.81. The molecular formula is C14H22N2O3S. The quantitative estimate of drug-likeness (QED) is 0.724. The van der Waals surface area contributed by atoms with E-state index in [0.29, 0.717) is 17.8 Å². The maximum Gasteiger partial charge on any atom is 0.232 e. The number of anilines is 2. The highest BCUT2D eigenvalue weighted by Gasteiger charge is 2.09. The first-order valence-corrected chi connectivity index (χ1v) is 8.46. The molecule has 0 bridgehead atoms. The van der Waals surface area contributed by atoms with E-state index in [1.54, 1.807) is 24.3 Å². The van der Waals surface area contributed by atoms with Gasteiger partial charge >= 0.3 is 0 Å². The van der Waals surface area contributed by atoms with Crippen molar-refractivity contribution in [1.82, 2.24) is 0 Å². The van der Waals surface area contributed by atoms with Crippen molar-refractivity contribution in [1.29, 1.82) is 0 Å². The Kier molecular flexibility index (Phi) is 6.51. The number of carbonyl (C=O) groups is 1. The minimum Gasteiger partial charge on any atom is -0.326 e. The van der Waals surface area contributed by atoms with Gasteiger partial charge in [-0.05, 0) is 30.7 Å². The summed E-state index contributed by atoms with van der Waals surface area (Å²) in [5.41, 5.74) is 1.15. The van der Waals surface area contributed by atoms with Gasteiger partial charge < -0.3 is 5.32 Å². The van der Waals surface area contributed by atoms with Crippen LogP contribution in [-0.2, 0) is 14.8 Å². The molecule has 6 heteroatoms. The smallest absolute Gasteiger partial charge is 0.232 e. The normalized spacial score (nSPS) is 11.1. The van der Waals surface area contributed by atoms with Gasteiger partial charge in [0.15, 0.2) is 0 Å². The van der Waals surface area contributed by atoms with Crippen molar-refractivity contribution in [3.63, 3.8) is 0 Å². The topological polar surface area (TPSA) is 75.3 Å². The highest BCUT2D eigenvalue weighted by atomic mass is 32.2. The number of nitrogens with one attached hydrogen (secondary N) is 2. The molecule has 1 aromatic rings. The fourth-order valence-corrected chi connectivity index (χ4v) is 2.96. The summed E-state index contributed by atoms with van der Waals surface area (Å²) in [5, 5.41) is 2.63. The average molecular weight is 298 g/mol. The van der Waals surface area contributed by atoms with Crippen LogP contribution in [0.25, 0.3) is 0 Å². The Balaban J connectivity index is 2.52. The zero-order valence-electron chi connectivity index (χ0n) is 12.0. The lowest BCUT2D eigenvalue weighted by Crippen LogP contribution is -2.16. The number of amides is 1. The van der Waals surface area contributed by atoms with Gasteiger partial charge in [0.05, 0.1) is 5.75 Å². The molecule has 1 amide bonds. The molecule has 20 heavy (non-hydrogen) atoms. The van der Waals surface area contributed by atoms with Gasteiger partial charge in [-0.15, -0.1) is 0 Å². The maximum absolute atomic E-state index is 11.8. The van der Waals surface area contributed by atoms with Crippen molar-refractivity contribution >= 4 is 27.3 Å². The van der Waals surface area contributed by atoms with Gasteiger partial charge in [0.25, 0.3) is 0 Å². The van der Waals surface area contributed by atoms with Crippen molar-refractivity contribution in [3.8, 4) is 0 Å². The molecule has 0 radical (unpaired) electrons. The van der Waals surface area contributed by atoms with Crippen LogP contribution < -0.4 is 10.0 Å². The monoisotopic (exact) mass is 298 g/mol. The number of carbonyl (C=O) groups excluding carboxylic acids is 1. The predicted molar refractivity (Wildman–Crippen MR) is 82.3 cm³/mol. The Hall–Kier alpha value is -1.56. The van der Waals surface area contributed by atoms with Gasteiger partial charge in [-0.2, -0.15) is 0 Å². The highest BCUT2D eigenvalue weighted by molar-refractivity contribution is 7.92. The van der Waals surface area contributed by atoms with Crippen LogP contribution in [0.2, 0.25) is 0 Å². The molecule has 0 atom stereocenters. The van der Waals surface area contributed by atoms with E-state index in [4.69, 9.17) is 0 Å². The van der Waals surface area contributed by atoms with E-state index in [1.165, 1.54) is 6.92 Å². The lowest BCUT2D eigenvalue weighted by atomic mass is 10.2. The van der Waals surface area contributed by atoms with Crippen molar-refractivity contribution < 1.29 is 13.2 Å². The molecule has 1 rings (SSSR count). The van der Waals surface area contributed by atoms with E-state index in [0.717, 1.165) is 19.3 Å². The number of rotatable bonds is 8. The predicted octanol–water partition coefficient (Wildman–Crippen LogP) is 2.97. The first-order chi connectivity index (χ1) is 9.43. The fourth-order valence-electron chi connectivity index (χ4n) is 1.77. The third-order valence-corrected chi connectivity index (χ3v) is 4.12. The third kappa shape index (κ3) is 6.56. The van der Waals surface area contributed by atoms with Gasteiger partial charge in [0.1, 0.15) is 0 Å². The molecule has 0 aliphatic rings. The van der Waals surface area contributed by atoms with E-state index >= 15 is 0 Å². The SMILES string of the molecule is CCCCCCS(=O)(=O)Nc1ccc(NC(C)=O)cc1. The molecule has 0 fully saturated rings. The average Bonchev–Trinajstić information content (AvgIpc) is 2.36. The van der Waals surface area contributed by atoms with Crippen LogP contribution in [0, 0.1) is 0 Å².